The molecule has 134 valence electrons. The van der Waals surface area contributed by atoms with E-state index in [-0.39, 0.29) is 16.7 Å². The van der Waals surface area contributed by atoms with Crippen molar-refractivity contribution in [2.24, 2.45) is 7.05 Å². The van der Waals surface area contributed by atoms with Crippen molar-refractivity contribution in [3.63, 3.8) is 0 Å². The molecule has 2 atom stereocenters. The minimum atomic E-state index is -0.258. The summed E-state index contributed by atoms with van der Waals surface area (Å²) in [7, 11) is 1.72. The first-order valence-corrected chi connectivity index (χ1v) is 9.83. The second-order valence-electron chi connectivity index (χ2n) is 6.63. The first-order chi connectivity index (χ1) is 12.0. The summed E-state index contributed by atoms with van der Waals surface area (Å²) in [5.41, 5.74) is 0.606. The molecule has 0 N–H and O–H groups in total. The molecule has 5 nitrogen and oxygen atoms in total. The largest absolute Gasteiger partial charge is 0.339 e. The highest BCUT2D eigenvalue weighted by Crippen LogP contribution is 2.27. The number of fused-ring (bicyclic) bond motifs is 1. The van der Waals surface area contributed by atoms with Crippen molar-refractivity contribution in [3.05, 3.63) is 34.6 Å². The quantitative estimate of drug-likeness (QED) is 0.621. The maximum absolute atomic E-state index is 12.9. The van der Waals surface area contributed by atoms with Crippen LogP contribution in [0.25, 0.3) is 10.9 Å². The van der Waals surface area contributed by atoms with Crippen molar-refractivity contribution >= 4 is 28.6 Å². The number of nitrogens with zero attached hydrogens (tertiary/aromatic N) is 3. The van der Waals surface area contributed by atoms with E-state index in [9.17, 15) is 9.59 Å². The van der Waals surface area contributed by atoms with E-state index >= 15 is 0 Å². The van der Waals surface area contributed by atoms with Gasteiger partial charge >= 0.3 is 0 Å². The smallest absolute Gasteiger partial charge is 0.261 e. The maximum Gasteiger partial charge on any atom is 0.261 e. The monoisotopic (exact) mass is 359 g/mol. The van der Waals surface area contributed by atoms with Crippen LogP contribution in [-0.4, -0.2) is 38.2 Å². The molecule has 0 bridgehead atoms. The summed E-state index contributed by atoms with van der Waals surface area (Å²) in [5, 5.41) is 0.941. The molecule has 1 aromatic carbocycles. The number of carbonyl (C=O) groups is 1. The van der Waals surface area contributed by atoms with Crippen LogP contribution in [0.1, 0.15) is 39.5 Å². The zero-order valence-corrected chi connectivity index (χ0v) is 15.9. The third kappa shape index (κ3) is 3.59. The Bertz CT molecular complexity index is 833. The lowest BCUT2D eigenvalue weighted by Gasteiger charge is -2.36. The van der Waals surface area contributed by atoms with Crippen LogP contribution in [0.15, 0.2) is 34.2 Å². The Kier molecular flexibility index (Phi) is 5.47. The fourth-order valence-electron chi connectivity index (χ4n) is 3.46. The van der Waals surface area contributed by atoms with Crippen molar-refractivity contribution in [2.75, 3.05) is 6.54 Å². The van der Waals surface area contributed by atoms with Gasteiger partial charge in [0.2, 0.25) is 5.91 Å². The van der Waals surface area contributed by atoms with Crippen LogP contribution < -0.4 is 5.56 Å². The number of amides is 1. The summed E-state index contributed by atoms with van der Waals surface area (Å²) in [6.07, 6.45) is 4.36. The molecule has 6 heteroatoms. The number of rotatable bonds is 4. The minimum Gasteiger partial charge on any atom is -0.339 e. The topological polar surface area (TPSA) is 55.2 Å². The van der Waals surface area contributed by atoms with Gasteiger partial charge in [-0.15, -0.1) is 0 Å². The molecule has 0 saturated carbocycles. The van der Waals surface area contributed by atoms with Gasteiger partial charge in [0.05, 0.1) is 16.2 Å². The lowest BCUT2D eigenvalue weighted by atomic mass is 10.00. The van der Waals surface area contributed by atoms with Crippen molar-refractivity contribution in [3.8, 4) is 0 Å². The second kappa shape index (κ2) is 7.60. The highest BCUT2D eigenvalue weighted by atomic mass is 32.2. The van der Waals surface area contributed by atoms with Crippen LogP contribution in [0.3, 0.4) is 0 Å². The number of likely N-dealkylation sites (tertiary alicyclic amines) is 1. The van der Waals surface area contributed by atoms with Gasteiger partial charge in [-0.1, -0.05) is 30.8 Å². The van der Waals surface area contributed by atoms with Crippen LogP contribution in [0.4, 0.5) is 0 Å². The van der Waals surface area contributed by atoms with Gasteiger partial charge in [-0.2, -0.15) is 0 Å². The first-order valence-electron chi connectivity index (χ1n) is 8.95. The Hall–Kier alpha value is -1.82. The normalized spacial score (nSPS) is 19.2. The predicted octanol–water partition coefficient (Wildman–Crippen LogP) is 3.21. The molecule has 1 saturated heterocycles. The molecule has 1 aromatic heterocycles. The summed E-state index contributed by atoms with van der Waals surface area (Å²) in [6, 6.07) is 7.68. The van der Waals surface area contributed by atoms with E-state index in [1.807, 2.05) is 30.0 Å². The minimum absolute atomic E-state index is 0.0721. The third-order valence-corrected chi connectivity index (χ3v) is 6.08. The van der Waals surface area contributed by atoms with Gasteiger partial charge in [-0.25, -0.2) is 4.98 Å². The number of hydrogen-bond donors (Lipinski definition) is 0. The first kappa shape index (κ1) is 18.0. The van der Waals surface area contributed by atoms with E-state index in [0.29, 0.717) is 22.1 Å². The average molecular weight is 359 g/mol. The molecular weight excluding hydrogens is 334 g/mol. The fourth-order valence-corrected chi connectivity index (χ4v) is 4.40. The zero-order chi connectivity index (χ0) is 18.0. The number of benzene rings is 1. The number of piperidine rings is 1. The standard InChI is InChI=1S/C19H25N3O2S/c1-4-14-9-7-8-12-22(14)17(23)13(2)25-19-20-16-11-6-5-10-15(16)18(24)21(19)3/h5-6,10-11,13-14H,4,7-9,12H2,1-3H3. The van der Waals surface area contributed by atoms with Gasteiger partial charge in [0, 0.05) is 19.6 Å². The molecule has 2 unspecified atom stereocenters. The molecule has 3 rings (SSSR count). The molecule has 1 fully saturated rings. The van der Waals surface area contributed by atoms with Crippen LogP contribution in [0.2, 0.25) is 0 Å². The van der Waals surface area contributed by atoms with Crippen molar-refractivity contribution < 1.29 is 4.79 Å². The van der Waals surface area contributed by atoms with Gasteiger partial charge in [-0.05, 0) is 44.7 Å². The summed E-state index contributed by atoms with van der Waals surface area (Å²) in [6.45, 7) is 4.89. The van der Waals surface area contributed by atoms with Crippen LogP contribution in [-0.2, 0) is 11.8 Å². The zero-order valence-electron chi connectivity index (χ0n) is 15.1. The number of aromatic nitrogens is 2. The molecule has 0 radical (unpaired) electrons. The van der Waals surface area contributed by atoms with Gasteiger partial charge < -0.3 is 4.90 Å². The van der Waals surface area contributed by atoms with Gasteiger partial charge in [0.15, 0.2) is 5.16 Å². The molecule has 0 aliphatic carbocycles. The Labute approximate surface area is 152 Å². The maximum atomic E-state index is 12.9. The van der Waals surface area contributed by atoms with Crippen molar-refractivity contribution in [2.45, 2.75) is 56.0 Å². The Balaban J connectivity index is 1.84. The molecule has 1 aliphatic heterocycles. The van der Waals surface area contributed by atoms with Crippen LogP contribution >= 0.6 is 11.8 Å². The predicted molar refractivity (Wildman–Crippen MR) is 102 cm³/mol. The fraction of sp³-hybridized carbons (Fsp3) is 0.526. The number of para-hydroxylation sites is 1. The third-order valence-electron chi connectivity index (χ3n) is 4.95. The number of carbonyl (C=O) groups excluding carboxylic acids is 1. The van der Waals surface area contributed by atoms with E-state index in [4.69, 9.17) is 0 Å². The summed E-state index contributed by atoms with van der Waals surface area (Å²) in [4.78, 5) is 32.1. The molecule has 1 aliphatic rings. The van der Waals surface area contributed by atoms with E-state index in [1.165, 1.54) is 18.2 Å². The molecule has 2 heterocycles. The van der Waals surface area contributed by atoms with E-state index in [1.54, 1.807) is 17.7 Å². The van der Waals surface area contributed by atoms with Gasteiger partial charge in [-0.3, -0.25) is 14.2 Å². The van der Waals surface area contributed by atoms with Crippen LogP contribution in [0.5, 0.6) is 0 Å². The van der Waals surface area contributed by atoms with Crippen molar-refractivity contribution in [1.82, 2.24) is 14.5 Å². The SMILES string of the molecule is CCC1CCCCN1C(=O)C(C)Sc1nc2ccccc2c(=O)n1C. The van der Waals surface area contributed by atoms with Gasteiger partial charge in [0.1, 0.15) is 0 Å². The summed E-state index contributed by atoms with van der Waals surface area (Å²) < 4.78 is 1.55. The molecule has 2 aromatic rings. The van der Waals surface area contributed by atoms with E-state index < -0.39 is 0 Å². The Morgan fingerprint density at radius 2 is 2.12 bits per heavy atom. The molecule has 1 amide bonds. The lowest BCUT2D eigenvalue weighted by Crippen LogP contribution is -2.46. The van der Waals surface area contributed by atoms with E-state index in [0.717, 1.165) is 25.8 Å². The Morgan fingerprint density at radius 1 is 1.36 bits per heavy atom. The number of hydrogen-bond acceptors (Lipinski definition) is 4. The second-order valence-corrected chi connectivity index (χ2v) is 7.93. The Morgan fingerprint density at radius 3 is 2.88 bits per heavy atom. The summed E-state index contributed by atoms with van der Waals surface area (Å²) >= 11 is 1.37. The lowest BCUT2D eigenvalue weighted by molar-refractivity contribution is -0.134. The summed E-state index contributed by atoms with van der Waals surface area (Å²) in [5.74, 6) is 0.152. The molecular formula is C19H25N3O2S. The highest BCUT2D eigenvalue weighted by Gasteiger charge is 2.29. The molecule has 25 heavy (non-hydrogen) atoms. The van der Waals surface area contributed by atoms with Gasteiger partial charge in [0.25, 0.3) is 5.56 Å². The van der Waals surface area contributed by atoms with Crippen molar-refractivity contribution in [1.29, 1.82) is 0 Å². The molecule has 0 spiro atoms. The average Bonchev–Trinajstić information content (AvgIpc) is 2.65. The van der Waals surface area contributed by atoms with E-state index in [2.05, 4.69) is 11.9 Å². The van der Waals surface area contributed by atoms with Crippen LogP contribution in [0, 0.1) is 0 Å². The highest BCUT2D eigenvalue weighted by molar-refractivity contribution is 8.00. The number of thioether (sulfide) groups is 1.